The van der Waals surface area contributed by atoms with Crippen molar-refractivity contribution in [3.05, 3.63) is 29.8 Å². The Hall–Kier alpha value is -1.84. The van der Waals surface area contributed by atoms with Crippen LogP contribution in [0.3, 0.4) is 0 Å². The predicted octanol–water partition coefficient (Wildman–Crippen LogP) is 2.52. The Kier molecular flexibility index (Phi) is 6.22. The maximum Gasteiger partial charge on any atom is 0.223 e. The van der Waals surface area contributed by atoms with Crippen molar-refractivity contribution in [1.82, 2.24) is 5.32 Å². The Labute approximate surface area is 121 Å². The van der Waals surface area contributed by atoms with Gasteiger partial charge in [-0.15, -0.1) is 0 Å². The molecule has 0 spiro atoms. The maximum absolute atomic E-state index is 11.8. The topological polar surface area (TPSA) is 49.4 Å². The Bertz CT molecular complexity index is 469. The van der Waals surface area contributed by atoms with Gasteiger partial charge in [0.2, 0.25) is 11.8 Å². The first-order valence-corrected chi connectivity index (χ1v) is 7.11. The van der Waals surface area contributed by atoms with Gasteiger partial charge in [-0.2, -0.15) is 0 Å². The number of para-hydroxylation sites is 1. The lowest BCUT2D eigenvalue weighted by Crippen LogP contribution is -2.36. The molecule has 0 fully saturated rings. The number of rotatable bonds is 6. The second-order valence-electron chi connectivity index (χ2n) is 5.13. The minimum atomic E-state index is -0.0387. The van der Waals surface area contributed by atoms with Crippen molar-refractivity contribution in [2.45, 2.75) is 46.6 Å². The molecule has 4 heteroatoms. The highest BCUT2D eigenvalue weighted by molar-refractivity contribution is 5.93. The van der Waals surface area contributed by atoms with E-state index < -0.39 is 0 Å². The molecule has 1 rings (SSSR count). The summed E-state index contributed by atoms with van der Waals surface area (Å²) >= 11 is 0. The number of benzene rings is 1. The molecule has 0 atom stereocenters. The molecule has 4 nitrogen and oxygen atoms in total. The van der Waals surface area contributed by atoms with Crippen LogP contribution >= 0.6 is 0 Å². The third-order valence-electron chi connectivity index (χ3n) is 3.06. The molecule has 0 radical (unpaired) electrons. The number of carbonyl (C=O) groups excluding carboxylic acids is 2. The van der Waals surface area contributed by atoms with Gasteiger partial charge in [0.25, 0.3) is 0 Å². The zero-order chi connectivity index (χ0) is 15.1. The highest BCUT2D eigenvalue weighted by atomic mass is 16.2. The first-order valence-electron chi connectivity index (χ1n) is 7.11. The van der Waals surface area contributed by atoms with Crippen molar-refractivity contribution in [2.24, 2.45) is 0 Å². The molecule has 0 aliphatic heterocycles. The third-order valence-corrected chi connectivity index (χ3v) is 3.06. The molecule has 0 aromatic heterocycles. The van der Waals surface area contributed by atoms with Gasteiger partial charge < -0.3 is 10.2 Å². The SMILES string of the molecule is CCc1ccccc1N(CCC(=O)NC(C)C)C(C)=O. The lowest BCUT2D eigenvalue weighted by molar-refractivity contribution is -0.121. The Morgan fingerprint density at radius 1 is 1.25 bits per heavy atom. The lowest BCUT2D eigenvalue weighted by Gasteiger charge is -2.23. The summed E-state index contributed by atoms with van der Waals surface area (Å²) < 4.78 is 0. The van der Waals surface area contributed by atoms with Crippen LogP contribution in [0.5, 0.6) is 0 Å². The summed E-state index contributed by atoms with van der Waals surface area (Å²) in [7, 11) is 0. The average Bonchev–Trinajstić information content (AvgIpc) is 2.38. The summed E-state index contributed by atoms with van der Waals surface area (Å²) in [5.74, 6) is -0.0662. The standard InChI is InChI=1S/C16H24N2O2/c1-5-14-8-6-7-9-15(14)18(13(4)19)11-10-16(20)17-12(2)3/h6-9,12H,5,10-11H2,1-4H3,(H,17,20). The van der Waals surface area contributed by atoms with E-state index in [4.69, 9.17) is 0 Å². The van der Waals surface area contributed by atoms with Gasteiger partial charge in [0.05, 0.1) is 0 Å². The van der Waals surface area contributed by atoms with Gasteiger partial charge in [-0.3, -0.25) is 9.59 Å². The predicted molar refractivity (Wildman–Crippen MR) is 81.7 cm³/mol. The number of hydrogen-bond acceptors (Lipinski definition) is 2. The van der Waals surface area contributed by atoms with Gasteiger partial charge in [-0.25, -0.2) is 0 Å². The maximum atomic E-state index is 11.8. The van der Waals surface area contributed by atoms with Crippen LogP contribution in [0.4, 0.5) is 5.69 Å². The van der Waals surface area contributed by atoms with Crippen LogP contribution in [-0.2, 0) is 16.0 Å². The van der Waals surface area contributed by atoms with Crippen molar-refractivity contribution in [2.75, 3.05) is 11.4 Å². The molecule has 1 aromatic rings. The molecule has 2 amide bonds. The van der Waals surface area contributed by atoms with E-state index in [1.165, 1.54) is 6.92 Å². The largest absolute Gasteiger partial charge is 0.354 e. The number of nitrogens with zero attached hydrogens (tertiary/aromatic N) is 1. The molecule has 0 unspecified atom stereocenters. The second kappa shape index (κ2) is 7.68. The molecule has 0 heterocycles. The van der Waals surface area contributed by atoms with E-state index in [0.29, 0.717) is 13.0 Å². The third kappa shape index (κ3) is 4.68. The highest BCUT2D eigenvalue weighted by Crippen LogP contribution is 2.21. The van der Waals surface area contributed by atoms with Gasteiger partial charge in [-0.05, 0) is 31.9 Å². The Morgan fingerprint density at radius 3 is 2.45 bits per heavy atom. The zero-order valence-corrected chi connectivity index (χ0v) is 12.8. The minimum Gasteiger partial charge on any atom is -0.354 e. The van der Waals surface area contributed by atoms with Gasteiger partial charge in [0.1, 0.15) is 0 Å². The monoisotopic (exact) mass is 276 g/mol. The molecule has 0 saturated heterocycles. The fourth-order valence-corrected chi connectivity index (χ4v) is 2.13. The fourth-order valence-electron chi connectivity index (χ4n) is 2.13. The minimum absolute atomic E-state index is 0.0276. The van der Waals surface area contributed by atoms with Crippen LogP contribution < -0.4 is 10.2 Å². The Morgan fingerprint density at radius 2 is 1.90 bits per heavy atom. The number of aryl methyl sites for hydroxylation is 1. The van der Waals surface area contributed by atoms with Crippen LogP contribution in [0, 0.1) is 0 Å². The van der Waals surface area contributed by atoms with Crippen LogP contribution in [0.25, 0.3) is 0 Å². The zero-order valence-electron chi connectivity index (χ0n) is 12.8. The molecule has 0 aliphatic carbocycles. The van der Waals surface area contributed by atoms with E-state index in [1.807, 2.05) is 38.1 Å². The number of amides is 2. The fraction of sp³-hybridized carbons (Fsp3) is 0.500. The lowest BCUT2D eigenvalue weighted by atomic mass is 10.1. The van der Waals surface area contributed by atoms with E-state index in [2.05, 4.69) is 12.2 Å². The summed E-state index contributed by atoms with van der Waals surface area (Å²) in [6.45, 7) is 7.85. The van der Waals surface area contributed by atoms with Crippen molar-refractivity contribution in [3.8, 4) is 0 Å². The van der Waals surface area contributed by atoms with Crippen LogP contribution in [0.15, 0.2) is 24.3 Å². The van der Waals surface area contributed by atoms with Crippen LogP contribution in [0.2, 0.25) is 0 Å². The smallest absolute Gasteiger partial charge is 0.223 e. The molecule has 1 N–H and O–H groups in total. The van der Waals surface area contributed by atoms with Gasteiger partial charge in [0, 0.05) is 31.6 Å². The quantitative estimate of drug-likeness (QED) is 0.868. The van der Waals surface area contributed by atoms with E-state index in [9.17, 15) is 9.59 Å². The van der Waals surface area contributed by atoms with Crippen LogP contribution in [-0.4, -0.2) is 24.4 Å². The first-order chi connectivity index (χ1) is 9.45. The molecular weight excluding hydrogens is 252 g/mol. The number of anilines is 1. The summed E-state index contributed by atoms with van der Waals surface area (Å²) in [6.07, 6.45) is 1.17. The number of nitrogens with one attached hydrogen (secondary N) is 1. The molecule has 20 heavy (non-hydrogen) atoms. The van der Waals surface area contributed by atoms with Crippen molar-refractivity contribution in [1.29, 1.82) is 0 Å². The molecule has 0 saturated carbocycles. The molecule has 1 aromatic carbocycles. The first kappa shape index (κ1) is 16.2. The molecule has 110 valence electrons. The van der Waals surface area contributed by atoms with Crippen molar-refractivity contribution in [3.63, 3.8) is 0 Å². The normalized spacial score (nSPS) is 10.4. The van der Waals surface area contributed by atoms with E-state index in [0.717, 1.165) is 17.7 Å². The van der Waals surface area contributed by atoms with Gasteiger partial charge >= 0.3 is 0 Å². The van der Waals surface area contributed by atoms with Crippen molar-refractivity contribution < 1.29 is 9.59 Å². The molecule has 0 bridgehead atoms. The summed E-state index contributed by atoms with van der Waals surface area (Å²) in [4.78, 5) is 25.2. The van der Waals surface area contributed by atoms with E-state index in [-0.39, 0.29) is 17.9 Å². The summed E-state index contributed by atoms with van der Waals surface area (Å²) in [5.41, 5.74) is 2.02. The molecular formula is C16H24N2O2. The summed E-state index contributed by atoms with van der Waals surface area (Å²) in [6, 6.07) is 7.95. The van der Waals surface area contributed by atoms with Crippen LogP contribution in [0.1, 0.15) is 39.7 Å². The van der Waals surface area contributed by atoms with Gasteiger partial charge in [-0.1, -0.05) is 25.1 Å². The Balaban J connectivity index is 2.80. The average molecular weight is 276 g/mol. The van der Waals surface area contributed by atoms with E-state index >= 15 is 0 Å². The van der Waals surface area contributed by atoms with Crippen molar-refractivity contribution >= 4 is 17.5 Å². The summed E-state index contributed by atoms with van der Waals surface area (Å²) in [5, 5.41) is 2.84. The number of carbonyl (C=O) groups is 2. The second-order valence-corrected chi connectivity index (χ2v) is 5.13. The van der Waals surface area contributed by atoms with Gasteiger partial charge in [0.15, 0.2) is 0 Å². The van der Waals surface area contributed by atoms with E-state index in [1.54, 1.807) is 4.90 Å². The molecule has 0 aliphatic rings. The highest BCUT2D eigenvalue weighted by Gasteiger charge is 2.15. The number of hydrogen-bond donors (Lipinski definition) is 1.